The number of nitro benzene ring substituents is 1. The van der Waals surface area contributed by atoms with Crippen molar-refractivity contribution in [1.29, 1.82) is 0 Å². The summed E-state index contributed by atoms with van der Waals surface area (Å²) in [5, 5.41) is 24.3. The highest BCUT2D eigenvalue weighted by atomic mass is 35.5. The Morgan fingerprint density at radius 2 is 2.00 bits per heavy atom. The molecule has 1 amide bonds. The summed E-state index contributed by atoms with van der Waals surface area (Å²) in [6.45, 7) is -0.300. The summed E-state index contributed by atoms with van der Waals surface area (Å²) in [6, 6.07) is 8.92. The molecule has 2 aromatic carbocycles. The first-order valence-electron chi connectivity index (χ1n) is 7.16. The highest BCUT2D eigenvalue weighted by Crippen LogP contribution is 2.32. The molecule has 0 aliphatic rings. The molecule has 0 aromatic heterocycles. The van der Waals surface area contributed by atoms with Gasteiger partial charge in [-0.2, -0.15) is 5.10 Å². The lowest BCUT2D eigenvalue weighted by Gasteiger charge is -2.06. The van der Waals surface area contributed by atoms with Crippen molar-refractivity contribution in [2.45, 2.75) is 0 Å². The van der Waals surface area contributed by atoms with E-state index in [-0.39, 0.29) is 17.2 Å². The Kier molecular flexibility index (Phi) is 6.34. The molecule has 0 saturated carbocycles. The van der Waals surface area contributed by atoms with Gasteiger partial charge in [-0.1, -0.05) is 11.6 Å². The van der Waals surface area contributed by atoms with Gasteiger partial charge >= 0.3 is 5.69 Å². The van der Waals surface area contributed by atoms with Crippen molar-refractivity contribution in [3.05, 3.63) is 57.1 Å². The Balaban J connectivity index is 1.93. The number of hydrogen-bond donors (Lipinski definition) is 2. The number of nitro groups is 1. The standard InChI is InChI=1S/C16H14ClN3O6/c1-25-12-2-4-13(5-3-12)26-9-15(21)19-18-8-10-6-11(17)7-14(16(10)22)20(23)24/h2-8,22H,9H2,1H3,(H,19,21). The number of nitrogens with zero attached hydrogens (tertiary/aromatic N) is 2. The molecule has 9 nitrogen and oxygen atoms in total. The van der Waals surface area contributed by atoms with E-state index in [1.165, 1.54) is 13.2 Å². The number of carbonyl (C=O) groups is 1. The van der Waals surface area contributed by atoms with Gasteiger partial charge in [0.15, 0.2) is 6.61 Å². The quantitative estimate of drug-likeness (QED) is 0.432. The molecule has 136 valence electrons. The molecule has 10 heteroatoms. The lowest BCUT2D eigenvalue weighted by atomic mass is 10.2. The van der Waals surface area contributed by atoms with Crippen LogP contribution in [0.15, 0.2) is 41.5 Å². The van der Waals surface area contributed by atoms with E-state index in [0.717, 1.165) is 12.3 Å². The molecule has 0 heterocycles. The van der Waals surface area contributed by atoms with Gasteiger partial charge in [0.25, 0.3) is 5.91 Å². The molecule has 0 unspecified atom stereocenters. The molecule has 0 spiro atoms. The van der Waals surface area contributed by atoms with Crippen LogP contribution < -0.4 is 14.9 Å². The van der Waals surface area contributed by atoms with E-state index in [1.807, 2.05) is 0 Å². The molecule has 2 N–H and O–H groups in total. The van der Waals surface area contributed by atoms with Gasteiger partial charge in [0.05, 0.1) is 18.2 Å². The van der Waals surface area contributed by atoms with Gasteiger partial charge < -0.3 is 14.6 Å². The highest BCUT2D eigenvalue weighted by Gasteiger charge is 2.17. The molecule has 0 atom stereocenters. The minimum absolute atomic E-state index is 0.0134. The van der Waals surface area contributed by atoms with E-state index < -0.39 is 22.3 Å². The SMILES string of the molecule is COc1ccc(OCC(=O)NN=Cc2cc(Cl)cc([N+](=O)[O-])c2O)cc1. The number of aromatic hydroxyl groups is 1. The second-order valence-corrected chi connectivity index (χ2v) is 5.31. The average molecular weight is 380 g/mol. The third-order valence-corrected chi connectivity index (χ3v) is 3.32. The number of amides is 1. The molecule has 0 bridgehead atoms. The first kappa shape index (κ1) is 19.0. The number of phenols is 1. The number of carbonyl (C=O) groups excluding carboxylic acids is 1. The van der Waals surface area contributed by atoms with Gasteiger partial charge in [-0.05, 0) is 30.3 Å². The Morgan fingerprint density at radius 1 is 1.35 bits per heavy atom. The Hall–Kier alpha value is -3.33. The number of methoxy groups -OCH3 is 1. The smallest absolute Gasteiger partial charge is 0.312 e. The van der Waals surface area contributed by atoms with Crippen molar-refractivity contribution in [2.24, 2.45) is 5.10 Å². The third-order valence-electron chi connectivity index (χ3n) is 3.10. The predicted molar refractivity (Wildman–Crippen MR) is 94.0 cm³/mol. The summed E-state index contributed by atoms with van der Waals surface area (Å²) >= 11 is 5.75. The maximum atomic E-state index is 11.7. The Morgan fingerprint density at radius 3 is 2.62 bits per heavy atom. The van der Waals surface area contributed by atoms with E-state index in [9.17, 15) is 20.0 Å². The zero-order chi connectivity index (χ0) is 19.1. The van der Waals surface area contributed by atoms with Crippen LogP contribution in [0.2, 0.25) is 5.02 Å². The zero-order valence-electron chi connectivity index (χ0n) is 13.5. The lowest BCUT2D eigenvalue weighted by Crippen LogP contribution is -2.24. The molecular formula is C16H14ClN3O6. The van der Waals surface area contributed by atoms with Gasteiger partial charge in [-0.3, -0.25) is 14.9 Å². The number of hydrazone groups is 1. The molecule has 0 saturated heterocycles. The minimum Gasteiger partial charge on any atom is -0.502 e. The second kappa shape index (κ2) is 8.67. The first-order valence-corrected chi connectivity index (χ1v) is 7.54. The van der Waals surface area contributed by atoms with Crippen molar-refractivity contribution < 1.29 is 24.3 Å². The summed E-state index contributed by atoms with van der Waals surface area (Å²) < 4.78 is 10.3. The van der Waals surface area contributed by atoms with E-state index >= 15 is 0 Å². The fourth-order valence-electron chi connectivity index (χ4n) is 1.87. The van der Waals surface area contributed by atoms with Crippen LogP contribution in [-0.2, 0) is 4.79 Å². The first-order chi connectivity index (χ1) is 12.4. The number of halogens is 1. The van der Waals surface area contributed by atoms with Crippen LogP contribution in [0, 0.1) is 10.1 Å². The fourth-order valence-corrected chi connectivity index (χ4v) is 2.09. The summed E-state index contributed by atoms with van der Waals surface area (Å²) in [5.41, 5.74) is 1.60. The third kappa shape index (κ3) is 5.08. The Bertz CT molecular complexity index is 839. The topological polar surface area (TPSA) is 123 Å². The maximum absolute atomic E-state index is 11.7. The molecule has 26 heavy (non-hydrogen) atoms. The predicted octanol–water partition coefficient (Wildman–Crippen LogP) is 2.49. The molecule has 0 aliphatic carbocycles. The van der Waals surface area contributed by atoms with E-state index in [1.54, 1.807) is 24.3 Å². The number of benzene rings is 2. The van der Waals surface area contributed by atoms with Gasteiger partial charge in [-0.25, -0.2) is 5.43 Å². The number of phenolic OH excluding ortho intramolecular Hbond substituents is 1. The summed E-state index contributed by atoms with van der Waals surface area (Å²) in [6.07, 6.45) is 1.04. The monoisotopic (exact) mass is 379 g/mol. The molecule has 0 aliphatic heterocycles. The van der Waals surface area contributed by atoms with E-state index in [4.69, 9.17) is 21.1 Å². The summed E-state index contributed by atoms with van der Waals surface area (Å²) in [4.78, 5) is 21.7. The fraction of sp³-hybridized carbons (Fsp3) is 0.125. The van der Waals surface area contributed by atoms with E-state index in [0.29, 0.717) is 11.5 Å². The van der Waals surface area contributed by atoms with Crippen molar-refractivity contribution in [1.82, 2.24) is 5.43 Å². The highest BCUT2D eigenvalue weighted by molar-refractivity contribution is 6.31. The van der Waals surface area contributed by atoms with Crippen LogP contribution in [-0.4, -0.2) is 35.9 Å². The van der Waals surface area contributed by atoms with Gasteiger partial charge in [0.1, 0.15) is 11.5 Å². The number of nitrogens with one attached hydrogen (secondary N) is 1. The molecule has 2 rings (SSSR count). The van der Waals surface area contributed by atoms with Crippen LogP contribution in [0.5, 0.6) is 17.2 Å². The Labute approximate surface area is 153 Å². The van der Waals surface area contributed by atoms with Crippen molar-refractivity contribution >= 4 is 29.4 Å². The second-order valence-electron chi connectivity index (χ2n) is 4.88. The van der Waals surface area contributed by atoms with Crippen LogP contribution in [0.4, 0.5) is 5.69 Å². The van der Waals surface area contributed by atoms with Crippen LogP contribution in [0.1, 0.15) is 5.56 Å². The maximum Gasteiger partial charge on any atom is 0.312 e. The largest absolute Gasteiger partial charge is 0.502 e. The van der Waals surface area contributed by atoms with Crippen LogP contribution in [0.3, 0.4) is 0 Å². The number of hydrogen-bond acceptors (Lipinski definition) is 7. The molecule has 0 radical (unpaired) electrons. The summed E-state index contributed by atoms with van der Waals surface area (Å²) in [5.74, 6) is -0.0465. The van der Waals surface area contributed by atoms with Crippen LogP contribution >= 0.6 is 11.6 Å². The van der Waals surface area contributed by atoms with Crippen molar-refractivity contribution in [2.75, 3.05) is 13.7 Å². The average Bonchev–Trinajstić information content (AvgIpc) is 2.62. The van der Waals surface area contributed by atoms with Crippen molar-refractivity contribution in [3.8, 4) is 17.2 Å². The van der Waals surface area contributed by atoms with Crippen LogP contribution in [0.25, 0.3) is 0 Å². The summed E-state index contributed by atoms with van der Waals surface area (Å²) in [7, 11) is 1.54. The van der Waals surface area contributed by atoms with Gasteiger partial charge in [-0.15, -0.1) is 0 Å². The van der Waals surface area contributed by atoms with E-state index in [2.05, 4.69) is 10.5 Å². The normalized spacial score (nSPS) is 10.5. The zero-order valence-corrected chi connectivity index (χ0v) is 14.3. The van der Waals surface area contributed by atoms with Gasteiger partial charge in [0, 0.05) is 16.7 Å². The number of rotatable bonds is 7. The minimum atomic E-state index is -0.778. The lowest BCUT2D eigenvalue weighted by molar-refractivity contribution is -0.385. The molecule has 0 fully saturated rings. The van der Waals surface area contributed by atoms with Crippen molar-refractivity contribution in [3.63, 3.8) is 0 Å². The van der Waals surface area contributed by atoms with Gasteiger partial charge in [0.2, 0.25) is 5.75 Å². The molecular weight excluding hydrogens is 366 g/mol. The molecule has 2 aromatic rings. The number of ether oxygens (including phenoxy) is 2.